The Morgan fingerprint density at radius 2 is 1.50 bits per heavy atom. The molecular weight excluding hydrogens is 394 g/mol. The molecule has 5 nitrogen and oxygen atoms in total. The molecule has 0 radical (unpaired) electrons. The van der Waals surface area contributed by atoms with Gasteiger partial charge in [-0.1, -0.05) is 19.3 Å². The van der Waals surface area contributed by atoms with Crippen LogP contribution in [0.2, 0.25) is 0 Å². The van der Waals surface area contributed by atoms with Gasteiger partial charge in [0.25, 0.3) is 10.1 Å². The van der Waals surface area contributed by atoms with Gasteiger partial charge in [0.2, 0.25) is 0 Å². The lowest BCUT2D eigenvalue weighted by atomic mass is 9.76. The van der Waals surface area contributed by atoms with Crippen molar-refractivity contribution < 1.29 is 48.8 Å². The fourth-order valence-corrected chi connectivity index (χ4v) is 4.80. The van der Waals surface area contributed by atoms with Gasteiger partial charge in [-0.3, -0.25) is 9.35 Å². The van der Waals surface area contributed by atoms with E-state index in [2.05, 4.69) is 4.74 Å². The van der Waals surface area contributed by atoms with Crippen LogP contribution in [-0.2, 0) is 19.6 Å². The zero-order valence-electron chi connectivity index (χ0n) is 13.4. The summed E-state index contributed by atoms with van der Waals surface area (Å²) in [6.45, 7) is 0. The maximum Gasteiger partial charge on any atom is 0.438 e. The minimum Gasteiger partial charge on any atom is -0.438 e. The Morgan fingerprint density at radius 1 is 0.962 bits per heavy atom. The van der Waals surface area contributed by atoms with E-state index in [4.69, 9.17) is 4.55 Å². The van der Waals surface area contributed by atoms with E-state index >= 15 is 0 Å². The van der Waals surface area contributed by atoms with Gasteiger partial charge in [0.1, 0.15) is 5.75 Å². The van der Waals surface area contributed by atoms with Crippen LogP contribution in [0.1, 0.15) is 38.5 Å². The Labute approximate surface area is 145 Å². The molecule has 2 aliphatic carbocycles. The normalized spacial score (nSPS) is 27.9. The van der Waals surface area contributed by atoms with Crippen molar-refractivity contribution >= 4 is 16.1 Å². The lowest BCUT2D eigenvalue weighted by molar-refractivity contribution is -0.362. The number of hydrogen-bond donors (Lipinski definition) is 1. The molecule has 2 rings (SSSR count). The Balaban J connectivity index is 2.29. The van der Waals surface area contributed by atoms with Gasteiger partial charge in [0, 0.05) is 0 Å². The fourth-order valence-electron chi connectivity index (χ4n) is 3.90. The highest BCUT2D eigenvalue weighted by Crippen LogP contribution is 2.49. The van der Waals surface area contributed by atoms with Crippen molar-refractivity contribution in [3.05, 3.63) is 0 Å². The van der Waals surface area contributed by atoms with Gasteiger partial charge in [-0.15, -0.1) is 0 Å². The van der Waals surface area contributed by atoms with E-state index in [0.29, 0.717) is 12.3 Å². The standard InChI is InChI=1S/C14H18F6O5S/c15-13(16,17)12(14(18,19)20,7-26(22,23)24)25-11(21)10-5-4-8-2-1-3-9(8)6-10/h8-10H,1-7H2,(H,22,23,24). The molecule has 0 amide bonds. The molecule has 0 heterocycles. The molecule has 2 aliphatic rings. The molecule has 26 heavy (non-hydrogen) atoms. The maximum atomic E-state index is 13.2. The highest BCUT2D eigenvalue weighted by atomic mass is 32.2. The van der Waals surface area contributed by atoms with Crippen LogP contribution in [0.15, 0.2) is 0 Å². The average Bonchev–Trinajstić information content (AvgIpc) is 2.89. The summed E-state index contributed by atoms with van der Waals surface area (Å²) < 4.78 is 113. The van der Waals surface area contributed by atoms with Crippen molar-refractivity contribution in [1.82, 2.24) is 0 Å². The number of esters is 1. The second-order valence-corrected chi connectivity index (χ2v) is 8.38. The zero-order valence-corrected chi connectivity index (χ0v) is 14.3. The van der Waals surface area contributed by atoms with E-state index in [0.717, 1.165) is 19.3 Å². The summed E-state index contributed by atoms with van der Waals surface area (Å²) in [5.74, 6) is -5.41. The molecule has 12 heteroatoms. The quantitative estimate of drug-likeness (QED) is 0.434. The predicted octanol–water partition coefficient (Wildman–Crippen LogP) is 3.50. The molecule has 2 saturated carbocycles. The summed E-state index contributed by atoms with van der Waals surface area (Å²) in [4.78, 5) is 12.1. The number of alkyl halides is 6. The molecule has 0 saturated heterocycles. The van der Waals surface area contributed by atoms with Gasteiger partial charge in [-0.2, -0.15) is 34.8 Å². The van der Waals surface area contributed by atoms with Crippen LogP contribution in [-0.4, -0.2) is 42.6 Å². The first-order chi connectivity index (χ1) is 11.7. The molecule has 3 atom stereocenters. The van der Waals surface area contributed by atoms with E-state index in [-0.39, 0.29) is 18.8 Å². The number of rotatable bonds is 4. The van der Waals surface area contributed by atoms with Crippen LogP contribution in [0.3, 0.4) is 0 Å². The SMILES string of the molecule is O=C(OC(CS(=O)(=O)O)(C(F)(F)F)C(F)(F)F)C1CCC2CCCC2C1. The van der Waals surface area contributed by atoms with Gasteiger partial charge in [-0.25, -0.2) is 0 Å². The number of carbonyl (C=O) groups is 1. The van der Waals surface area contributed by atoms with E-state index < -0.39 is 45.7 Å². The van der Waals surface area contributed by atoms with E-state index in [1.54, 1.807) is 0 Å². The molecule has 2 fully saturated rings. The molecule has 0 aromatic rings. The second kappa shape index (κ2) is 6.84. The summed E-state index contributed by atoms with van der Waals surface area (Å²) in [5, 5.41) is 0. The van der Waals surface area contributed by atoms with Crippen LogP contribution in [0.25, 0.3) is 0 Å². The molecule has 0 aromatic heterocycles. The third-order valence-electron chi connectivity index (χ3n) is 5.20. The van der Waals surface area contributed by atoms with Gasteiger partial charge in [0.05, 0.1) is 5.92 Å². The molecular formula is C14H18F6O5S. The van der Waals surface area contributed by atoms with E-state index in [1.165, 1.54) is 0 Å². The highest BCUT2D eigenvalue weighted by Gasteiger charge is 2.76. The largest absolute Gasteiger partial charge is 0.438 e. The highest BCUT2D eigenvalue weighted by molar-refractivity contribution is 7.85. The predicted molar refractivity (Wildman–Crippen MR) is 75.5 cm³/mol. The second-order valence-electron chi connectivity index (χ2n) is 6.93. The first-order valence-corrected chi connectivity index (χ1v) is 9.59. The molecule has 0 aromatic carbocycles. The topological polar surface area (TPSA) is 80.7 Å². The monoisotopic (exact) mass is 412 g/mol. The number of carbonyl (C=O) groups excluding carboxylic acids is 1. The van der Waals surface area contributed by atoms with Gasteiger partial charge < -0.3 is 4.74 Å². The van der Waals surface area contributed by atoms with E-state index in [1.807, 2.05) is 0 Å². The van der Waals surface area contributed by atoms with Crippen LogP contribution in [0.5, 0.6) is 0 Å². The number of hydrogen-bond acceptors (Lipinski definition) is 4. The molecule has 0 aliphatic heterocycles. The summed E-state index contributed by atoms with van der Waals surface area (Å²) in [5.41, 5.74) is -5.31. The van der Waals surface area contributed by atoms with Crippen LogP contribution in [0.4, 0.5) is 26.3 Å². The smallest absolute Gasteiger partial charge is 0.438 e. The van der Waals surface area contributed by atoms with Crippen LogP contribution < -0.4 is 0 Å². The first-order valence-electron chi connectivity index (χ1n) is 7.98. The molecule has 152 valence electrons. The third kappa shape index (κ3) is 4.26. The van der Waals surface area contributed by atoms with Crippen LogP contribution in [0, 0.1) is 17.8 Å². The van der Waals surface area contributed by atoms with Crippen molar-refractivity contribution in [3.8, 4) is 0 Å². The Morgan fingerprint density at radius 3 is 2.00 bits per heavy atom. The summed E-state index contributed by atoms with van der Waals surface area (Å²) >= 11 is 0. The Bertz CT molecular complexity index is 627. The molecule has 1 N–H and O–H groups in total. The van der Waals surface area contributed by atoms with Crippen LogP contribution >= 0.6 is 0 Å². The molecule has 0 bridgehead atoms. The maximum absolute atomic E-state index is 13.2. The zero-order chi connectivity index (χ0) is 20.0. The van der Waals surface area contributed by atoms with Gasteiger partial charge in [-0.05, 0) is 31.1 Å². The Hall–Kier alpha value is -1.04. The Kier molecular flexibility index (Phi) is 5.60. The minimum absolute atomic E-state index is 0.0362. The van der Waals surface area contributed by atoms with E-state index in [9.17, 15) is 39.6 Å². The van der Waals surface area contributed by atoms with Crippen molar-refractivity contribution in [2.45, 2.75) is 56.5 Å². The minimum atomic E-state index is -6.28. The van der Waals surface area contributed by atoms with Crippen molar-refractivity contribution in [3.63, 3.8) is 0 Å². The molecule has 3 unspecified atom stereocenters. The number of ether oxygens (including phenoxy) is 1. The van der Waals surface area contributed by atoms with Crippen molar-refractivity contribution in [2.24, 2.45) is 17.8 Å². The summed E-state index contributed by atoms with van der Waals surface area (Å²) in [6.07, 6.45) is -9.34. The lowest BCUT2D eigenvalue weighted by Crippen LogP contribution is -2.64. The summed E-state index contributed by atoms with van der Waals surface area (Å²) in [7, 11) is -5.76. The van der Waals surface area contributed by atoms with Gasteiger partial charge >= 0.3 is 23.9 Å². The van der Waals surface area contributed by atoms with Crippen molar-refractivity contribution in [2.75, 3.05) is 5.75 Å². The summed E-state index contributed by atoms with van der Waals surface area (Å²) in [6, 6.07) is 0. The van der Waals surface area contributed by atoms with Crippen molar-refractivity contribution in [1.29, 1.82) is 0 Å². The number of halogens is 6. The lowest BCUT2D eigenvalue weighted by Gasteiger charge is -2.38. The third-order valence-corrected chi connectivity index (χ3v) is 5.97. The average molecular weight is 412 g/mol. The fraction of sp³-hybridized carbons (Fsp3) is 0.929. The van der Waals surface area contributed by atoms with Gasteiger partial charge in [0.15, 0.2) is 0 Å². The first kappa shape index (κ1) is 21.3. The molecule has 0 spiro atoms. The number of fused-ring (bicyclic) bond motifs is 1.